The lowest BCUT2D eigenvalue weighted by Gasteiger charge is -2.39. The van der Waals surface area contributed by atoms with E-state index in [-0.39, 0.29) is 41.5 Å². The predicted octanol–water partition coefficient (Wildman–Crippen LogP) is 6.02. The second-order valence-electron chi connectivity index (χ2n) is 11.7. The van der Waals surface area contributed by atoms with Crippen LogP contribution in [0.5, 0.6) is 11.5 Å². The van der Waals surface area contributed by atoms with E-state index in [0.717, 1.165) is 74.6 Å². The lowest BCUT2D eigenvalue weighted by molar-refractivity contribution is -0.136. The van der Waals surface area contributed by atoms with E-state index in [4.69, 9.17) is 17.3 Å². The highest BCUT2D eigenvalue weighted by molar-refractivity contribution is 7.99. The van der Waals surface area contributed by atoms with Crippen LogP contribution in [0.25, 0.3) is 11.1 Å². The first-order valence-corrected chi connectivity index (χ1v) is 16.8. The number of benzene rings is 3. The minimum absolute atomic E-state index is 0. The summed E-state index contributed by atoms with van der Waals surface area (Å²) in [5, 5.41) is 20.5. The van der Waals surface area contributed by atoms with Crippen LogP contribution in [0.2, 0.25) is 5.02 Å². The number of nitrogens with zero attached hydrogens (tertiary/aromatic N) is 3. The maximum absolute atomic E-state index is 14.6. The van der Waals surface area contributed by atoms with Crippen molar-refractivity contribution in [2.24, 2.45) is 11.7 Å². The Morgan fingerprint density at radius 3 is 2.33 bits per heavy atom. The summed E-state index contributed by atoms with van der Waals surface area (Å²) in [4.78, 5) is 21.2. The molecule has 3 aromatic carbocycles. The van der Waals surface area contributed by atoms with Crippen LogP contribution < -0.4 is 5.73 Å². The minimum Gasteiger partial charge on any atom is -0.508 e. The highest BCUT2D eigenvalue weighted by Crippen LogP contribution is 2.32. The van der Waals surface area contributed by atoms with Crippen LogP contribution in [0.1, 0.15) is 30.9 Å². The van der Waals surface area contributed by atoms with Gasteiger partial charge in [-0.05, 0) is 109 Å². The van der Waals surface area contributed by atoms with Gasteiger partial charge in [0.05, 0.1) is 6.04 Å². The zero-order chi connectivity index (χ0) is 31.2. The number of phenolic OH excluding ortho intramolecular Hbond substituents is 2. The summed E-state index contributed by atoms with van der Waals surface area (Å²) in [7, 11) is 0. The van der Waals surface area contributed by atoms with Gasteiger partial charge in [-0.15, -0.1) is 24.2 Å². The SMILES string of the molecule is CCSc1ccc(O)cc1CN1CCN(C(=O)[C@H](N)C2CCN(CCc3cc(Cl)ccc3-c3cc(O)ccc3F)CC2)CC1.Cl. The Bertz CT molecular complexity index is 1450. The summed E-state index contributed by atoms with van der Waals surface area (Å²) in [6, 6.07) is 14.5. The van der Waals surface area contributed by atoms with E-state index >= 15 is 0 Å². The number of rotatable bonds is 10. The topological polar surface area (TPSA) is 93.3 Å². The summed E-state index contributed by atoms with van der Waals surface area (Å²) in [6.07, 6.45) is 2.39. The Morgan fingerprint density at radius 1 is 0.933 bits per heavy atom. The number of likely N-dealkylation sites (tertiary alicyclic amines) is 1. The summed E-state index contributed by atoms with van der Waals surface area (Å²) in [5.74, 6) is 1.07. The Kier molecular flexibility index (Phi) is 12.8. The van der Waals surface area contributed by atoms with Gasteiger partial charge in [-0.25, -0.2) is 4.39 Å². The van der Waals surface area contributed by atoms with E-state index in [2.05, 4.69) is 16.7 Å². The van der Waals surface area contributed by atoms with Crippen LogP contribution in [0.3, 0.4) is 0 Å². The normalized spacial score (nSPS) is 17.2. The van der Waals surface area contributed by atoms with Crippen molar-refractivity contribution < 1.29 is 19.4 Å². The fourth-order valence-corrected chi connectivity index (χ4v) is 7.31. The van der Waals surface area contributed by atoms with Crippen molar-refractivity contribution >= 4 is 41.7 Å². The van der Waals surface area contributed by atoms with Gasteiger partial charge in [-0.1, -0.05) is 24.6 Å². The molecule has 0 bridgehead atoms. The first kappa shape index (κ1) is 35.3. The molecule has 7 nitrogen and oxygen atoms in total. The number of carbonyl (C=O) groups is 1. The van der Waals surface area contributed by atoms with Crippen LogP contribution in [-0.2, 0) is 17.8 Å². The quantitative estimate of drug-likeness (QED) is 0.226. The fourth-order valence-electron chi connectivity index (χ4n) is 6.33. The molecule has 45 heavy (non-hydrogen) atoms. The van der Waals surface area contributed by atoms with Crippen LogP contribution in [-0.4, -0.2) is 88.4 Å². The lowest BCUT2D eigenvalue weighted by atomic mass is 9.88. The van der Waals surface area contributed by atoms with Crippen molar-refractivity contribution in [3.05, 3.63) is 76.6 Å². The minimum atomic E-state index is -0.504. The first-order chi connectivity index (χ1) is 21.2. The molecule has 2 fully saturated rings. The summed E-state index contributed by atoms with van der Waals surface area (Å²) < 4.78 is 14.6. The molecule has 2 aliphatic heterocycles. The van der Waals surface area contributed by atoms with E-state index in [1.807, 2.05) is 29.2 Å². The number of aromatic hydroxyl groups is 2. The van der Waals surface area contributed by atoms with Crippen molar-refractivity contribution in [2.75, 3.05) is 51.6 Å². The second-order valence-corrected chi connectivity index (χ2v) is 13.5. The molecule has 0 unspecified atom stereocenters. The van der Waals surface area contributed by atoms with Gasteiger partial charge in [0.25, 0.3) is 0 Å². The molecule has 4 N–H and O–H groups in total. The number of hydrogen-bond acceptors (Lipinski definition) is 7. The molecular weight excluding hydrogens is 634 g/mol. The number of halogens is 3. The number of phenols is 2. The average Bonchev–Trinajstić information content (AvgIpc) is 3.03. The number of nitrogens with two attached hydrogens (primary N) is 1. The van der Waals surface area contributed by atoms with E-state index < -0.39 is 6.04 Å². The number of carbonyl (C=O) groups excluding carboxylic acids is 1. The lowest BCUT2D eigenvalue weighted by Crippen LogP contribution is -2.55. The number of thioether (sulfide) groups is 1. The van der Waals surface area contributed by atoms with Crippen molar-refractivity contribution in [1.82, 2.24) is 14.7 Å². The Hall–Kier alpha value is -2.53. The van der Waals surface area contributed by atoms with Gasteiger partial charge in [0, 0.05) is 54.8 Å². The van der Waals surface area contributed by atoms with Gasteiger partial charge in [0.15, 0.2) is 0 Å². The Balaban J connectivity index is 0.00000461. The molecule has 0 saturated carbocycles. The largest absolute Gasteiger partial charge is 0.508 e. The van der Waals surface area contributed by atoms with Gasteiger partial charge >= 0.3 is 0 Å². The molecular formula is C34H43Cl2FN4O3S. The molecule has 5 rings (SSSR count). The van der Waals surface area contributed by atoms with Crippen LogP contribution in [0, 0.1) is 11.7 Å². The second kappa shape index (κ2) is 16.3. The third-order valence-corrected chi connectivity index (χ3v) is 10.1. The zero-order valence-electron chi connectivity index (χ0n) is 25.6. The molecule has 2 saturated heterocycles. The molecule has 244 valence electrons. The molecule has 2 heterocycles. The molecule has 2 aliphatic rings. The first-order valence-electron chi connectivity index (χ1n) is 15.4. The molecule has 0 aliphatic carbocycles. The van der Waals surface area contributed by atoms with Crippen LogP contribution >= 0.6 is 35.8 Å². The Labute approximate surface area is 280 Å². The monoisotopic (exact) mass is 676 g/mol. The summed E-state index contributed by atoms with van der Waals surface area (Å²) >= 11 is 8.07. The standard InChI is InChI=1S/C34H42ClFN4O3S.ClH/c1-2-44-32-8-5-27(41)20-25(32)22-39-15-17-40(18-16-39)34(43)33(37)23-9-12-38(13-10-23)14-11-24-19-26(35)3-6-29(24)30-21-28(42)4-7-31(30)36;/h3-8,19-21,23,33,41-42H,2,9-18,22,37H2,1H3;1H/t33-;/m1./s1. The predicted molar refractivity (Wildman–Crippen MR) is 183 cm³/mol. The smallest absolute Gasteiger partial charge is 0.239 e. The molecule has 1 amide bonds. The highest BCUT2D eigenvalue weighted by atomic mass is 35.5. The van der Waals surface area contributed by atoms with Gasteiger partial charge < -0.3 is 25.7 Å². The summed E-state index contributed by atoms with van der Waals surface area (Å²) in [5.41, 5.74) is 9.71. The fraction of sp³-hybridized carbons (Fsp3) is 0.441. The van der Waals surface area contributed by atoms with Crippen molar-refractivity contribution in [2.45, 2.75) is 43.7 Å². The molecule has 3 aromatic rings. The third-order valence-electron chi connectivity index (χ3n) is 8.85. The van der Waals surface area contributed by atoms with E-state index in [1.54, 1.807) is 23.9 Å². The van der Waals surface area contributed by atoms with Gasteiger partial charge in [-0.3, -0.25) is 9.69 Å². The molecule has 11 heteroatoms. The van der Waals surface area contributed by atoms with Gasteiger partial charge in [-0.2, -0.15) is 0 Å². The number of piperidine rings is 1. The molecule has 0 aromatic heterocycles. The van der Waals surface area contributed by atoms with Gasteiger partial charge in [0.2, 0.25) is 5.91 Å². The summed E-state index contributed by atoms with van der Waals surface area (Å²) in [6.45, 7) is 8.21. The number of amides is 1. The van der Waals surface area contributed by atoms with E-state index in [9.17, 15) is 19.4 Å². The van der Waals surface area contributed by atoms with Crippen LogP contribution in [0.4, 0.5) is 4.39 Å². The highest BCUT2D eigenvalue weighted by Gasteiger charge is 2.33. The Morgan fingerprint density at radius 2 is 1.62 bits per heavy atom. The van der Waals surface area contributed by atoms with Crippen molar-refractivity contribution in [3.8, 4) is 22.6 Å². The van der Waals surface area contributed by atoms with Crippen molar-refractivity contribution in [1.29, 1.82) is 0 Å². The van der Waals surface area contributed by atoms with Crippen LogP contribution in [0.15, 0.2) is 59.5 Å². The van der Waals surface area contributed by atoms with Crippen molar-refractivity contribution in [3.63, 3.8) is 0 Å². The van der Waals surface area contributed by atoms with E-state index in [1.165, 1.54) is 23.1 Å². The molecule has 1 atom stereocenters. The third kappa shape index (κ3) is 9.05. The van der Waals surface area contributed by atoms with Gasteiger partial charge in [0.1, 0.15) is 17.3 Å². The maximum Gasteiger partial charge on any atom is 0.239 e. The zero-order valence-corrected chi connectivity index (χ0v) is 28.0. The molecule has 0 spiro atoms. The number of hydrogen-bond donors (Lipinski definition) is 3. The maximum atomic E-state index is 14.6. The van der Waals surface area contributed by atoms with E-state index in [0.29, 0.717) is 30.1 Å². The molecule has 0 radical (unpaired) electrons. The average molecular weight is 678 g/mol. The number of piperazine rings is 1.